The van der Waals surface area contributed by atoms with Gasteiger partial charge in [0.05, 0.1) is 34.0 Å². The highest BCUT2D eigenvalue weighted by Crippen LogP contribution is 2.38. The number of methoxy groups -OCH3 is 4. The monoisotopic (exact) mass is 396 g/mol. The van der Waals surface area contributed by atoms with E-state index in [1.54, 1.807) is 28.4 Å². The molecule has 2 aromatic carbocycles. The van der Waals surface area contributed by atoms with Crippen molar-refractivity contribution in [2.75, 3.05) is 45.6 Å². The molecule has 0 fully saturated rings. The number of benzene rings is 2. The highest BCUT2D eigenvalue weighted by atomic mass is 16.5. The number of aromatic nitrogens is 2. The van der Waals surface area contributed by atoms with E-state index in [-0.39, 0.29) is 5.95 Å². The summed E-state index contributed by atoms with van der Waals surface area (Å²) < 4.78 is 21.8. The molecule has 1 aliphatic rings. The van der Waals surface area contributed by atoms with E-state index in [0.29, 0.717) is 29.3 Å². The predicted octanol–water partition coefficient (Wildman–Crippen LogP) is 2.81. The fraction of sp³-hybridized carbons (Fsp3) is 0.333. The fourth-order valence-corrected chi connectivity index (χ4v) is 3.76. The number of hydrogen-bond acceptors (Lipinski definition) is 8. The van der Waals surface area contributed by atoms with Crippen molar-refractivity contribution in [3.8, 4) is 23.0 Å². The van der Waals surface area contributed by atoms with Gasteiger partial charge in [-0.2, -0.15) is 4.98 Å². The Bertz CT molecular complexity index is 1070. The van der Waals surface area contributed by atoms with Crippen molar-refractivity contribution in [1.29, 1.82) is 0 Å². The minimum absolute atomic E-state index is 0.220. The smallest absolute Gasteiger partial charge is 0.222 e. The van der Waals surface area contributed by atoms with Crippen LogP contribution in [0.2, 0.25) is 0 Å². The zero-order chi connectivity index (χ0) is 20.5. The summed E-state index contributed by atoms with van der Waals surface area (Å²) >= 11 is 0. The molecule has 152 valence electrons. The first-order valence-electron chi connectivity index (χ1n) is 9.26. The number of rotatable bonds is 5. The molecule has 0 unspecified atom stereocenters. The van der Waals surface area contributed by atoms with E-state index < -0.39 is 0 Å². The molecule has 3 aromatic rings. The van der Waals surface area contributed by atoms with Crippen LogP contribution in [0.3, 0.4) is 0 Å². The zero-order valence-corrected chi connectivity index (χ0v) is 17.0. The Morgan fingerprint density at radius 3 is 2.03 bits per heavy atom. The molecular weight excluding hydrogens is 372 g/mol. The van der Waals surface area contributed by atoms with Gasteiger partial charge in [-0.15, -0.1) is 0 Å². The Balaban J connectivity index is 1.79. The molecule has 0 saturated heterocycles. The van der Waals surface area contributed by atoms with Gasteiger partial charge in [-0.3, -0.25) is 0 Å². The molecule has 1 aromatic heterocycles. The number of ether oxygens (including phenoxy) is 4. The van der Waals surface area contributed by atoms with Gasteiger partial charge in [0.1, 0.15) is 5.82 Å². The van der Waals surface area contributed by atoms with E-state index in [2.05, 4.69) is 14.9 Å². The van der Waals surface area contributed by atoms with Gasteiger partial charge >= 0.3 is 0 Å². The van der Waals surface area contributed by atoms with Gasteiger partial charge in [0.25, 0.3) is 0 Å². The van der Waals surface area contributed by atoms with E-state index in [1.165, 1.54) is 11.1 Å². The van der Waals surface area contributed by atoms with Crippen molar-refractivity contribution in [3.05, 3.63) is 35.4 Å². The molecule has 0 radical (unpaired) electrons. The highest BCUT2D eigenvalue weighted by Gasteiger charge is 2.23. The van der Waals surface area contributed by atoms with Crippen LogP contribution in [0.4, 0.5) is 11.8 Å². The molecule has 8 nitrogen and oxygen atoms in total. The Kier molecular flexibility index (Phi) is 4.92. The summed E-state index contributed by atoms with van der Waals surface area (Å²) in [6.07, 6.45) is 0.856. The highest BCUT2D eigenvalue weighted by molar-refractivity contribution is 5.93. The molecule has 2 N–H and O–H groups in total. The molecular formula is C21H24N4O4. The Morgan fingerprint density at radius 1 is 0.793 bits per heavy atom. The van der Waals surface area contributed by atoms with Gasteiger partial charge in [-0.05, 0) is 35.7 Å². The number of nitrogens with two attached hydrogens (primary N) is 1. The third kappa shape index (κ3) is 3.30. The SMILES string of the molecule is COc1cc2c(cc1OC)CN(c1nc(N)nc3cc(OC)c(OC)cc13)CC2. The molecule has 0 atom stereocenters. The summed E-state index contributed by atoms with van der Waals surface area (Å²) in [6.45, 7) is 1.47. The van der Waals surface area contributed by atoms with Gasteiger partial charge in [0.2, 0.25) is 5.95 Å². The van der Waals surface area contributed by atoms with E-state index in [1.807, 2.05) is 24.3 Å². The maximum absolute atomic E-state index is 6.01. The average molecular weight is 396 g/mol. The summed E-state index contributed by atoms with van der Waals surface area (Å²) in [5.41, 5.74) is 9.13. The second-order valence-electron chi connectivity index (χ2n) is 6.78. The van der Waals surface area contributed by atoms with Gasteiger partial charge < -0.3 is 29.6 Å². The molecule has 0 spiro atoms. The molecule has 0 amide bonds. The summed E-state index contributed by atoms with van der Waals surface area (Å²) in [5.74, 6) is 3.68. The standard InChI is InChI=1S/C21H24N4O4/c1-26-16-7-12-5-6-25(11-13(12)8-17(16)27-2)20-14-9-18(28-3)19(29-4)10-15(14)23-21(22)24-20/h7-10H,5-6,11H2,1-4H3,(H2,22,23,24). The molecule has 1 aliphatic heterocycles. The lowest BCUT2D eigenvalue weighted by molar-refractivity contribution is 0.353. The Hall–Kier alpha value is -3.42. The summed E-state index contributed by atoms with van der Waals surface area (Å²) in [6, 6.07) is 7.79. The lowest BCUT2D eigenvalue weighted by Gasteiger charge is -2.31. The number of nitrogen functional groups attached to an aromatic ring is 1. The molecule has 2 heterocycles. The Morgan fingerprint density at radius 2 is 1.38 bits per heavy atom. The van der Waals surface area contributed by atoms with Crippen LogP contribution in [0.15, 0.2) is 24.3 Å². The van der Waals surface area contributed by atoms with Crippen molar-refractivity contribution in [1.82, 2.24) is 9.97 Å². The maximum atomic E-state index is 6.01. The van der Waals surface area contributed by atoms with Crippen LogP contribution < -0.4 is 29.6 Å². The van der Waals surface area contributed by atoms with Crippen LogP contribution in [0.5, 0.6) is 23.0 Å². The summed E-state index contributed by atoms with van der Waals surface area (Å²) in [4.78, 5) is 11.1. The first-order chi connectivity index (χ1) is 14.1. The number of fused-ring (bicyclic) bond motifs is 2. The van der Waals surface area contributed by atoms with E-state index in [4.69, 9.17) is 24.7 Å². The quantitative estimate of drug-likeness (QED) is 0.704. The maximum Gasteiger partial charge on any atom is 0.222 e. The first-order valence-corrected chi connectivity index (χ1v) is 9.26. The minimum atomic E-state index is 0.220. The third-order valence-electron chi connectivity index (χ3n) is 5.22. The van der Waals surface area contributed by atoms with E-state index in [0.717, 1.165) is 29.9 Å². The minimum Gasteiger partial charge on any atom is -0.493 e. The molecule has 29 heavy (non-hydrogen) atoms. The molecule has 0 saturated carbocycles. The summed E-state index contributed by atoms with van der Waals surface area (Å²) in [5, 5.41) is 0.862. The van der Waals surface area contributed by atoms with Crippen molar-refractivity contribution in [2.45, 2.75) is 13.0 Å². The average Bonchev–Trinajstić information content (AvgIpc) is 2.76. The summed E-state index contributed by atoms with van der Waals surface area (Å²) in [7, 11) is 6.50. The second-order valence-corrected chi connectivity index (χ2v) is 6.78. The molecule has 8 heteroatoms. The number of hydrogen-bond donors (Lipinski definition) is 1. The van der Waals surface area contributed by atoms with Crippen LogP contribution >= 0.6 is 0 Å². The van der Waals surface area contributed by atoms with Crippen LogP contribution in [0, 0.1) is 0 Å². The molecule has 4 rings (SSSR count). The van der Waals surface area contributed by atoms with Gasteiger partial charge in [0.15, 0.2) is 23.0 Å². The predicted molar refractivity (Wildman–Crippen MR) is 111 cm³/mol. The van der Waals surface area contributed by atoms with E-state index in [9.17, 15) is 0 Å². The molecule has 0 aliphatic carbocycles. The largest absolute Gasteiger partial charge is 0.493 e. The third-order valence-corrected chi connectivity index (χ3v) is 5.22. The first kappa shape index (κ1) is 18.9. The fourth-order valence-electron chi connectivity index (χ4n) is 3.76. The lowest BCUT2D eigenvalue weighted by Crippen LogP contribution is -2.31. The molecule has 0 bridgehead atoms. The zero-order valence-electron chi connectivity index (χ0n) is 17.0. The Labute approximate surface area is 169 Å². The van der Waals surface area contributed by atoms with E-state index >= 15 is 0 Å². The van der Waals surface area contributed by atoms with Crippen LogP contribution in [0.1, 0.15) is 11.1 Å². The van der Waals surface area contributed by atoms with Crippen LogP contribution in [0.25, 0.3) is 10.9 Å². The topological polar surface area (TPSA) is 92.0 Å². The van der Waals surface area contributed by atoms with Gasteiger partial charge in [-0.25, -0.2) is 4.98 Å². The van der Waals surface area contributed by atoms with Crippen LogP contribution in [-0.2, 0) is 13.0 Å². The van der Waals surface area contributed by atoms with Crippen molar-refractivity contribution >= 4 is 22.7 Å². The number of anilines is 2. The van der Waals surface area contributed by atoms with Crippen molar-refractivity contribution in [3.63, 3.8) is 0 Å². The lowest BCUT2D eigenvalue weighted by atomic mass is 9.98. The normalized spacial score (nSPS) is 13.2. The van der Waals surface area contributed by atoms with Crippen molar-refractivity contribution < 1.29 is 18.9 Å². The van der Waals surface area contributed by atoms with Crippen LogP contribution in [-0.4, -0.2) is 45.0 Å². The van der Waals surface area contributed by atoms with Crippen molar-refractivity contribution in [2.24, 2.45) is 0 Å². The number of nitrogens with zero attached hydrogens (tertiary/aromatic N) is 3. The van der Waals surface area contributed by atoms with Gasteiger partial charge in [0, 0.05) is 24.5 Å². The second kappa shape index (κ2) is 7.54. The van der Waals surface area contributed by atoms with Gasteiger partial charge in [-0.1, -0.05) is 0 Å².